The van der Waals surface area contributed by atoms with E-state index in [1.807, 2.05) is 30.3 Å². The Hall–Kier alpha value is -4.20. The fourth-order valence-electron chi connectivity index (χ4n) is 2.66. The summed E-state index contributed by atoms with van der Waals surface area (Å²) in [5.41, 5.74) is 5.41. The number of nitrogens with zero attached hydrogens (tertiary/aromatic N) is 1. The first-order valence-electron chi connectivity index (χ1n) is 8.36. The Labute approximate surface area is 158 Å². The van der Waals surface area contributed by atoms with Crippen LogP contribution < -0.4 is 16.5 Å². The van der Waals surface area contributed by atoms with Crippen LogP contribution in [0.1, 0.15) is 20.8 Å². The lowest BCUT2D eigenvalue weighted by atomic mass is 10.1. The average Bonchev–Trinajstić information content (AvgIpc) is 3.22. The molecule has 0 radical (unpaired) electrons. The van der Waals surface area contributed by atoms with Crippen LogP contribution in [0.15, 0.2) is 75.9 Å². The highest BCUT2D eigenvalue weighted by Gasteiger charge is 2.16. The lowest BCUT2D eigenvalue weighted by Crippen LogP contribution is -2.43. The predicted octanol–water partition coefficient (Wildman–Crippen LogP) is 2.26. The molecule has 138 valence electrons. The number of hydrogen-bond acceptors (Lipinski definition) is 5. The topological polar surface area (TPSA) is 117 Å². The molecule has 2 aromatic heterocycles. The SMILES string of the molecule is O=C(NNC(=O)c1cc2ccccc2oc1=O)c1cc(-c2ccccc2)n[nH]1. The van der Waals surface area contributed by atoms with Gasteiger partial charge in [-0.05, 0) is 18.2 Å². The third-order valence-corrected chi connectivity index (χ3v) is 4.07. The molecule has 0 aliphatic carbocycles. The Balaban J connectivity index is 1.47. The maximum atomic E-state index is 12.3. The number of aromatic nitrogens is 2. The Morgan fingerprint density at radius 1 is 0.893 bits per heavy atom. The zero-order chi connectivity index (χ0) is 19.5. The van der Waals surface area contributed by atoms with Crippen LogP contribution in [0.2, 0.25) is 0 Å². The number of nitrogens with one attached hydrogen (secondary N) is 3. The van der Waals surface area contributed by atoms with Crippen LogP contribution >= 0.6 is 0 Å². The summed E-state index contributed by atoms with van der Waals surface area (Å²) >= 11 is 0. The summed E-state index contributed by atoms with van der Waals surface area (Å²) in [4.78, 5) is 36.5. The lowest BCUT2D eigenvalue weighted by Gasteiger charge is -2.06. The van der Waals surface area contributed by atoms with Gasteiger partial charge in [-0.1, -0.05) is 48.5 Å². The van der Waals surface area contributed by atoms with Gasteiger partial charge >= 0.3 is 5.63 Å². The highest BCUT2D eigenvalue weighted by molar-refractivity contribution is 5.99. The van der Waals surface area contributed by atoms with Gasteiger partial charge in [0.05, 0.1) is 5.69 Å². The molecule has 0 saturated heterocycles. The van der Waals surface area contributed by atoms with Crippen LogP contribution in [-0.2, 0) is 0 Å². The summed E-state index contributed by atoms with van der Waals surface area (Å²) in [6, 6.07) is 19.1. The Kier molecular flexibility index (Phi) is 4.43. The summed E-state index contributed by atoms with van der Waals surface area (Å²) in [6.45, 7) is 0. The molecular weight excluding hydrogens is 360 g/mol. The van der Waals surface area contributed by atoms with Gasteiger partial charge in [0.15, 0.2) is 0 Å². The van der Waals surface area contributed by atoms with Crippen molar-refractivity contribution in [1.82, 2.24) is 21.0 Å². The predicted molar refractivity (Wildman–Crippen MR) is 101 cm³/mol. The first kappa shape index (κ1) is 17.2. The highest BCUT2D eigenvalue weighted by atomic mass is 16.4. The van der Waals surface area contributed by atoms with E-state index in [1.165, 1.54) is 6.07 Å². The number of hydrazine groups is 1. The van der Waals surface area contributed by atoms with Crippen LogP contribution in [0.4, 0.5) is 0 Å². The van der Waals surface area contributed by atoms with Gasteiger partial charge in [-0.15, -0.1) is 0 Å². The number of amides is 2. The zero-order valence-electron chi connectivity index (χ0n) is 14.4. The van der Waals surface area contributed by atoms with Crippen molar-refractivity contribution in [1.29, 1.82) is 0 Å². The van der Waals surface area contributed by atoms with Crippen LogP contribution in [0.25, 0.3) is 22.2 Å². The largest absolute Gasteiger partial charge is 0.422 e. The van der Waals surface area contributed by atoms with Crippen LogP contribution in [0.3, 0.4) is 0 Å². The number of rotatable bonds is 3. The molecule has 8 heteroatoms. The molecule has 0 unspecified atom stereocenters. The maximum absolute atomic E-state index is 12.3. The molecule has 28 heavy (non-hydrogen) atoms. The molecule has 4 aromatic rings. The van der Waals surface area contributed by atoms with Gasteiger partial charge in [0.25, 0.3) is 11.8 Å². The summed E-state index contributed by atoms with van der Waals surface area (Å²) < 4.78 is 5.11. The molecule has 0 atom stereocenters. The van der Waals surface area contributed by atoms with Gasteiger partial charge in [0.2, 0.25) is 0 Å². The number of benzene rings is 2. The molecule has 8 nitrogen and oxygen atoms in total. The van der Waals surface area contributed by atoms with E-state index >= 15 is 0 Å². The molecule has 0 spiro atoms. The summed E-state index contributed by atoms with van der Waals surface area (Å²) in [7, 11) is 0. The lowest BCUT2D eigenvalue weighted by molar-refractivity contribution is 0.0842. The standard InChI is InChI=1S/C20H14N4O4/c25-18(14-10-13-8-4-5-9-17(13)28-20(14)27)23-24-19(26)16-11-15(21-22-16)12-6-2-1-3-7-12/h1-11H,(H,21,22)(H,23,25)(H,24,26). The summed E-state index contributed by atoms with van der Waals surface area (Å²) in [5, 5.41) is 7.28. The minimum absolute atomic E-state index is 0.157. The molecule has 3 N–H and O–H groups in total. The number of carbonyl (C=O) groups is 2. The third kappa shape index (κ3) is 3.38. The highest BCUT2D eigenvalue weighted by Crippen LogP contribution is 2.16. The average molecular weight is 374 g/mol. The van der Waals surface area contributed by atoms with E-state index in [2.05, 4.69) is 21.0 Å². The minimum atomic E-state index is -0.793. The van der Waals surface area contributed by atoms with E-state index in [9.17, 15) is 14.4 Å². The Morgan fingerprint density at radius 3 is 2.43 bits per heavy atom. The molecule has 0 aliphatic rings. The molecule has 0 saturated carbocycles. The molecular formula is C20H14N4O4. The molecule has 4 rings (SSSR count). The molecule has 2 aromatic carbocycles. The van der Waals surface area contributed by atoms with Crippen molar-refractivity contribution in [3.05, 3.63) is 88.4 Å². The van der Waals surface area contributed by atoms with E-state index in [0.717, 1.165) is 5.56 Å². The monoisotopic (exact) mass is 374 g/mol. The van der Waals surface area contributed by atoms with E-state index in [0.29, 0.717) is 16.7 Å². The Morgan fingerprint density at radius 2 is 1.61 bits per heavy atom. The summed E-state index contributed by atoms with van der Waals surface area (Å²) in [6.07, 6.45) is 0. The number of carbonyl (C=O) groups excluding carboxylic acids is 2. The summed E-state index contributed by atoms with van der Waals surface area (Å²) in [5.74, 6) is -1.39. The molecule has 2 heterocycles. The van der Waals surface area contributed by atoms with Crippen LogP contribution in [0, 0.1) is 0 Å². The quantitative estimate of drug-likeness (QED) is 0.376. The second kappa shape index (κ2) is 7.20. The van der Waals surface area contributed by atoms with Crippen molar-refractivity contribution in [2.45, 2.75) is 0 Å². The fourth-order valence-corrected chi connectivity index (χ4v) is 2.66. The second-order valence-electron chi connectivity index (χ2n) is 5.93. The normalized spacial score (nSPS) is 10.6. The van der Waals surface area contributed by atoms with Crippen molar-refractivity contribution >= 4 is 22.8 Å². The van der Waals surface area contributed by atoms with E-state index in [-0.39, 0.29) is 11.3 Å². The third-order valence-electron chi connectivity index (χ3n) is 4.07. The smallest absolute Gasteiger partial charge is 0.349 e. The van der Waals surface area contributed by atoms with Gasteiger partial charge in [-0.2, -0.15) is 5.10 Å². The van der Waals surface area contributed by atoms with Crippen molar-refractivity contribution < 1.29 is 14.0 Å². The van der Waals surface area contributed by atoms with Crippen LogP contribution in [-0.4, -0.2) is 22.0 Å². The van der Waals surface area contributed by atoms with Gasteiger partial charge in [-0.3, -0.25) is 25.5 Å². The van der Waals surface area contributed by atoms with Crippen molar-refractivity contribution in [2.75, 3.05) is 0 Å². The van der Waals surface area contributed by atoms with Gasteiger partial charge in [-0.25, -0.2) is 4.79 Å². The molecule has 2 amide bonds. The van der Waals surface area contributed by atoms with Crippen molar-refractivity contribution in [3.63, 3.8) is 0 Å². The number of H-pyrrole nitrogens is 1. The first-order chi connectivity index (χ1) is 13.6. The van der Waals surface area contributed by atoms with Crippen molar-refractivity contribution in [3.8, 4) is 11.3 Å². The van der Waals surface area contributed by atoms with E-state index in [4.69, 9.17) is 4.42 Å². The van der Waals surface area contributed by atoms with Gasteiger partial charge in [0, 0.05) is 10.9 Å². The van der Waals surface area contributed by atoms with Gasteiger partial charge in [0.1, 0.15) is 16.8 Å². The molecule has 0 bridgehead atoms. The fraction of sp³-hybridized carbons (Fsp3) is 0. The van der Waals surface area contributed by atoms with Crippen LogP contribution in [0.5, 0.6) is 0 Å². The number of aromatic amines is 1. The Bertz CT molecular complexity index is 1230. The zero-order valence-corrected chi connectivity index (χ0v) is 14.4. The van der Waals surface area contributed by atoms with Gasteiger partial charge < -0.3 is 4.42 Å². The van der Waals surface area contributed by atoms with E-state index < -0.39 is 17.4 Å². The number of para-hydroxylation sites is 1. The van der Waals surface area contributed by atoms with Crippen molar-refractivity contribution in [2.24, 2.45) is 0 Å². The number of hydrogen-bond donors (Lipinski definition) is 3. The molecule has 0 fully saturated rings. The maximum Gasteiger partial charge on any atom is 0.349 e. The second-order valence-corrected chi connectivity index (χ2v) is 5.93. The minimum Gasteiger partial charge on any atom is -0.422 e. The van der Waals surface area contributed by atoms with E-state index in [1.54, 1.807) is 30.3 Å². The molecule has 0 aliphatic heterocycles. The first-order valence-corrected chi connectivity index (χ1v) is 8.36. The number of fused-ring (bicyclic) bond motifs is 1.